The first-order chi connectivity index (χ1) is 14.3. The summed E-state index contributed by atoms with van der Waals surface area (Å²) in [6, 6.07) is 16.0. The molecule has 1 fully saturated rings. The van der Waals surface area contributed by atoms with Crippen molar-refractivity contribution in [3.05, 3.63) is 59.7 Å². The molecule has 0 aliphatic carbocycles. The van der Waals surface area contributed by atoms with E-state index >= 15 is 0 Å². The Bertz CT molecular complexity index is 859. The summed E-state index contributed by atoms with van der Waals surface area (Å²) in [4.78, 5) is 28.8. The molecule has 0 saturated carbocycles. The molecule has 0 aromatic heterocycles. The van der Waals surface area contributed by atoms with Gasteiger partial charge in [-0.2, -0.15) is 0 Å². The van der Waals surface area contributed by atoms with Crippen molar-refractivity contribution in [1.29, 1.82) is 0 Å². The van der Waals surface area contributed by atoms with E-state index in [0.29, 0.717) is 19.5 Å². The van der Waals surface area contributed by atoms with Gasteiger partial charge in [-0.25, -0.2) is 0 Å². The largest absolute Gasteiger partial charge is 0.368 e. The number of hydrogen-bond donors (Lipinski definition) is 1. The SMILES string of the molecule is CCCC(=O)Nc1ccc(N2CCN(C(=O)c3ccc(C(C)(C)C)cc3)CC2)cc1. The molecule has 1 aliphatic heterocycles. The number of amides is 2. The molecule has 2 aromatic rings. The maximum Gasteiger partial charge on any atom is 0.253 e. The van der Waals surface area contributed by atoms with E-state index in [2.05, 4.69) is 43.1 Å². The highest BCUT2D eigenvalue weighted by Gasteiger charge is 2.23. The smallest absolute Gasteiger partial charge is 0.253 e. The Kier molecular flexibility index (Phi) is 6.80. The molecule has 160 valence electrons. The Morgan fingerprint density at radius 3 is 2.03 bits per heavy atom. The molecule has 5 heteroatoms. The molecule has 3 rings (SSSR count). The summed E-state index contributed by atoms with van der Waals surface area (Å²) < 4.78 is 0. The van der Waals surface area contributed by atoms with Gasteiger partial charge in [0.05, 0.1) is 0 Å². The zero-order valence-corrected chi connectivity index (χ0v) is 18.6. The molecule has 0 atom stereocenters. The van der Waals surface area contributed by atoms with Crippen LogP contribution in [0.25, 0.3) is 0 Å². The molecular formula is C25H33N3O2. The number of piperazine rings is 1. The van der Waals surface area contributed by atoms with Gasteiger partial charge in [0.15, 0.2) is 0 Å². The average molecular weight is 408 g/mol. The molecule has 30 heavy (non-hydrogen) atoms. The zero-order valence-electron chi connectivity index (χ0n) is 18.6. The normalized spacial score (nSPS) is 14.5. The van der Waals surface area contributed by atoms with Crippen LogP contribution in [-0.4, -0.2) is 42.9 Å². The number of rotatable bonds is 5. The minimum absolute atomic E-state index is 0.0490. The number of nitrogens with zero attached hydrogens (tertiary/aromatic N) is 2. The molecule has 2 amide bonds. The number of benzene rings is 2. The second-order valence-corrected chi connectivity index (χ2v) is 8.95. The Hall–Kier alpha value is -2.82. The second kappa shape index (κ2) is 9.33. The Labute approximate surface area is 180 Å². The fourth-order valence-electron chi connectivity index (χ4n) is 3.67. The fourth-order valence-corrected chi connectivity index (χ4v) is 3.67. The molecule has 1 heterocycles. The number of carbonyl (C=O) groups excluding carboxylic acids is 2. The van der Waals surface area contributed by atoms with Crippen molar-refractivity contribution in [2.45, 2.75) is 46.0 Å². The highest BCUT2D eigenvalue weighted by Crippen LogP contribution is 2.23. The van der Waals surface area contributed by atoms with Crippen molar-refractivity contribution in [2.24, 2.45) is 0 Å². The summed E-state index contributed by atoms with van der Waals surface area (Å²) in [5.41, 5.74) is 4.01. The fraction of sp³-hybridized carbons (Fsp3) is 0.440. The number of carbonyl (C=O) groups is 2. The first-order valence-electron chi connectivity index (χ1n) is 10.8. The minimum atomic E-state index is 0.0490. The van der Waals surface area contributed by atoms with Crippen LogP contribution in [0.15, 0.2) is 48.5 Å². The topological polar surface area (TPSA) is 52.7 Å². The Balaban J connectivity index is 1.55. The highest BCUT2D eigenvalue weighted by atomic mass is 16.2. The molecule has 1 saturated heterocycles. The first kappa shape index (κ1) is 21.9. The van der Waals surface area contributed by atoms with Crippen molar-refractivity contribution in [3.8, 4) is 0 Å². The van der Waals surface area contributed by atoms with E-state index in [-0.39, 0.29) is 17.2 Å². The summed E-state index contributed by atoms with van der Waals surface area (Å²) in [7, 11) is 0. The van der Waals surface area contributed by atoms with E-state index in [0.717, 1.165) is 36.4 Å². The molecule has 1 aliphatic rings. The molecule has 5 nitrogen and oxygen atoms in total. The molecular weight excluding hydrogens is 374 g/mol. The van der Waals surface area contributed by atoms with E-state index < -0.39 is 0 Å². The van der Waals surface area contributed by atoms with Crippen molar-refractivity contribution in [2.75, 3.05) is 36.4 Å². The summed E-state index contributed by atoms with van der Waals surface area (Å²) in [5.74, 6) is 0.150. The number of hydrogen-bond acceptors (Lipinski definition) is 3. The number of anilines is 2. The van der Waals surface area contributed by atoms with E-state index in [9.17, 15) is 9.59 Å². The average Bonchev–Trinajstić information content (AvgIpc) is 2.73. The number of nitrogens with one attached hydrogen (secondary N) is 1. The van der Waals surface area contributed by atoms with Gasteiger partial charge in [0.1, 0.15) is 0 Å². The van der Waals surface area contributed by atoms with Crippen molar-refractivity contribution >= 4 is 23.2 Å². The lowest BCUT2D eigenvalue weighted by atomic mass is 9.86. The maximum atomic E-state index is 12.9. The molecule has 0 spiro atoms. The third kappa shape index (κ3) is 5.41. The van der Waals surface area contributed by atoms with Crippen LogP contribution in [0.2, 0.25) is 0 Å². The third-order valence-electron chi connectivity index (χ3n) is 5.56. The van der Waals surface area contributed by atoms with Crippen LogP contribution in [0.5, 0.6) is 0 Å². The predicted octanol–water partition coefficient (Wildman–Crippen LogP) is 4.69. The summed E-state index contributed by atoms with van der Waals surface area (Å²) in [5, 5.41) is 2.92. The van der Waals surface area contributed by atoms with Crippen molar-refractivity contribution < 1.29 is 9.59 Å². The van der Waals surface area contributed by atoms with Gasteiger partial charge < -0.3 is 15.1 Å². The predicted molar refractivity (Wildman–Crippen MR) is 123 cm³/mol. The van der Waals surface area contributed by atoms with E-state index in [1.165, 1.54) is 5.56 Å². The summed E-state index contributed by atoms with van der Waals surface area (Å²) >= 11 is 0. The molecule has 0 bridgehead atoms. The molecule has 2 aromatic carbocycles. The first-order valence-corrected chi connectivity index (χ1v) is 10.8. The Morgan fingerprint density at radius 1 is 0.900 bits per heavy atom. The lowest BCUT2D eigenvalue weighted by molar-refractivity contribution is -0.116. The monoisotopic (exact) mass is 407 g/mol. The van der Waals surface area contributed by atoms with Crippen molar-refractivity contribution in [1.82, 2.24) is 4.90 Å². The van der Waals surface area contributed by atoms with E-state index in [1.54, 1.807) is 0 Å². The lowest BCUT2D eigenvalue weighted by Crippen LogP contribution is -2.48. The van der Waals surface area contributed by atoms with Crippen LogP contribution in [0.3, 0.4) is 0 Å². The summed E-state index contributed by atoms with van der Waals surface area (Å²) in [6.07, 6.45) is 1.38. The highest BCUT2D eigenvalue weighted by molar-refractivity contribution is 5.94. The standard InChI is InChI=1S/C25H33N3O2/c1-5-6-23(29)26-21-11-13-22(14-12-21)27-15-17-28(18-16-27)24(30)19-7-9-20(10-8-19)25(2,3)4/h7-14H,5-6,15-18H2,1-4H3,(H,26,29). The minimum Gasteiger partial charge on any atom is -0.368 e. The lowest BCUT2D eigenvalue weighted by Gasteiger charge is -2.36. The van der Waals surface area contributed by atoms with E-state index in [4.69, 9.17) is 0 Å². The van der Waals surface area contributed by atoms with Crippen LogP contribution in [0.1, 0.15) is 56.5 Å². The second-order valence-electron chi connectivity index (χ2n) is 8.95. The van der Waals surface area contributed by atoms with Gasteiger partial charge in [-0.1, -0.05) is 39.8 Å². The summed E-state index contributed by atoms with van der Waals surface area (Å²) in [6.45, 7) is 11.5. The zero-order chi connectivity index (χ0) is 21.7. The third-order valence-corrected chi connectivity index (χ3v) is 5.56. The van der Waals surface area contributed by atoms with Crippen LogP contribution in [0.4, 0.5) is 11.4 Å². The van der Waals surface area contributed by atoms with Gasteiger partial charge in [0.25, 0.3) is 5.91 Å². The van der Waals surface area contributed by atoms with Crippen LogP contribution >= 0.6 is 0 Å². The van der Waals surface area contributed by atoms with Crippen LogP contribution in [0, 0.1) is 0 Å². The maximum absolute atomic E-state index is 12.9. The van der Waals surface area contributed by atoms with E-state index in [1.807, 2.05) is 48.2 Å². The van der Waals surface area contributed by atoms with Crippen molar-refractivity contribution in [3.63, 3.8) is 0 Å². The van der Waals surface area contributed by atoms with Gasteiger partial charge in [0.2, 0.25) is 5.91 Å². The molecule has 0 unspecified atom stereocenters. The van der Waals surface area contributed by atoms with Crippen LogP contribution < -0.4 is 10.2 Å². The van der Waals surface area contributed by atoms with Gasteiger partial charge in [0, 0.05) is 49.5 Å². The molecule has 0 radical (unpaired) electrons. The molecule has 1 N–H and O–H groups in total. The van der Waals surface area contributed by atoms with Gasteiger partial charge in [-0.05, 0) is 53.8 Å². The van der Waals surface area contributed by atoms with Gasteiger partial charge in [-0.3, -0.25) is 9.59 Å². The van der Waals surface area contributed by atoms with Crippen LogP contribution in [-0.2, 0) is 10.2 Å². The van der Waals surface area contributed by atoms with Gasteiger partial charge >= 0.3 is 0 Å². The Morgan fingerprint density at radius 2 is 1.50 bits per heavy atom. The van der Waals surface area contributed by atoms with Gasteiger partial charge in [-0.15, -0.1) is 0 Å². The quantitative estimate of drug-likeness (QED) is 0.783.